The van der Waals surface area contributed by atoms with Crippen LogP contribution >= 0.6 is 0 Å². The van der Waals surface area contributed by atoms with Gasteiger partial charge in [-0.2, -0.15) is 0 Å². The predicted molar refractivity (Wildman–Crippen MR) is 49.9 cm³/mol. The molecule has 12 heavy (non-hydrogen) atoms. The Kier molecular flexibility index (Phi) is 2.48. The number of nitrogens with one attached hydrogen (secondary N) is 1. The second kappa shape index (κ2) is 3.39. The number of carbonyl (C=O) groups is 1. The second-order valence-electron chi connectivity index (χ2n) is 2.84. The van der Waals surface area contributed by atoms with Crippen LogP contribution in [0.4, 0.5) is 5.69 Å². The van der Waals surface area contributed by atoms with Crippen molar-refractivity contribution in [2.75, 3.05) is 5.32 Å². The van der Waals surface area contributed by atoms with Gasteiger partial charge in [0, 0.05) is 12.6 Å². The van der Waals surface area contributed by atoms with Crippen molar-refractivity contribution in [3.63, 3.8) is 0 Å². The number of benzene rings is 1. The molecule has 0 fully saturated rings. The van der Waals surface area contributed by atoms with E-state index < -0.39 is 0 Å². The minimum Gasteiger partial charge on any atom is -0.326 e. The number of anilines is 1. The van der Waals surface area contributed by atoms with Crippen molar-refractivity contribution in [3.05, 3.63) is 36.2 Å². The van der Waals surface area contributed by atoms with Crippen LogP contribution in [0.2, 0.25) is 0 Å². The number of rotatable bonds is 1. The van der Waals surface area contributed by atoms with Gasteiger partial charge >= 0.3 is 0 Å². The van der Waals surface area contributed by atoms with Crippen molar-refractivity contribution in [1.82, 2.24) is 0 Å². The summed E-state index contributed by atoms with van der Waals surface area (Å²) < 4.78 is 0. The van der Waals surface area contributed by atoms with Crippen LogP contribution in [-0.2, 0) is 4.79 Å². The molecule has 2 nitrogen and oxygen atoms in total. The van der Waals surface area contributed by atoms with Crippen LogP contribution in [0, 0.1) is 13.8 Å². The van der Waals surface area contributed by atoms with E-state index in [0.29, 0.717) is 0 Å². The first-order valence-electron chi connectivity index (χ1n) is 3.80. The average Bonchev–Trinajstić information content (AvgIpc) is 1.96. The highest BCUT2D eigenvalue weighted by atomic mass is 16.1. The summed E-state index contributed by atoms with van der Waals surface area (Å²) in [5, 5.41) is 2.71. The van der Waals surface area contributed by atoms with Gasteiger partial charge in [0.25, 0.3) is 0 Å². The number of carbonyl (C=O) groups excluding carboxylic acids is 1. The lowest BCUT2D eigenvalue weighted by Gasteiger charge is -2.06. The Bertz CT molecular complexity index is 305. The highest BCUT2D eigenvalue weighted by Crippen LogP contribution is 2.15. The fourth-order valence-electron chi connectivity index (χ4n) is 0.996. The summed E-state index contributed by atoms with van der Waals surface area (Å²) in [4.78, 5) is 10.7. The maximum Gasteiger partial charge on any atom is 0.221 e. The molecule has 1 rings (SSSR count). The Morgan fingerprint density at radius 3 is 2.75 bits per heavy atom. The van der Waals surface area contributed by atoms with E-state index in [0.717, 1.165) is 16.8 Å². The van der Waals surface area contributed by atoms with Crippen LogP contribution in [0.1, 0.15) is 18.1 Å². The van der Waals surface area contributed by atoms with Gasteiger partial charge in [0.1, 0.15) is 0 Å². The molecule has 0 aliphatic carbocycles. The predicted octanol–water partition coefficient (Wildman–Crippen LogP) is 2.14. The van der Waals surface area contributed by atoms with Gasteiger partial charge in [-0.1, -0.05) is 12.1 Å². The molecule has 0 saturated carbocycles. The minimum atomic E-state index is -0.0644. The first-order chi connectivity index (χ1) is 5.59. The van der Waals surface area contributed by atoms with Gasteiger partial charge in [0.05, 0.1) is 0 Å². The quantitative estimate of drug-likeness (QED) is 0.673. The van der Waals surface area contributed by atoms with E-state index in [1.807, 2.05) is 25.1 Å². The summed E-state index contributed by atoms with van der Waals surface area (Å²) in [7, 11) is 0. The Morgan fingerprint density at radius 2 is 2.17 bits per heavy atom. The smallest absolute Gasteiger partial charge is 0.221 e. The Hall–Kier alpha value is -1.31. The van der Waals surface area contributed by atoms with Crippen LogP contribution in [0.25, 0.3) is 0 Å². The lowest BCUT2D eigenvalue weighted by Crippen LogP contribution is -2.07. The Balaban J connectivity index is 2.97. The van der Waals surface area contributed by atoms with Crippen LogP contribution in [0.5, 0.6) is 0 Å². The molecular formula is C10H12NO. The van der Waals surface area contributed by atoms with E-state index in [-0.39, 0.29) is 5.91 Å². The highest BCUT2D eigenvalue weighted by molar-refractivity contribution is 5.89. The zero-order valence-corrected chi connectivity index (χ0v) is 7.35. The Labute approximate surface area is 72.6 Å². The van der Waals surface area contributed by atoms with E-state index in [1.54, 1.807) is 0 Å². The van der Waals surface area contributed by atoms with E-state index in [1.165, 1.54) is 6.92 Å². The van der Waals surface area contributed by atoms with Crippen LogP contribution in [-0.4, -0.2) is 5.91 Å². The van der Waals surface area contributed by atoms with E-state index in [4.69, 9.17) is 0 Å². The summed E-state index contributed by atoms with van der Waals surface area (Å²) in [6.07, 6.45) is 0. The van der Waals surface area contributed by atoms with Crippen molar-refractivity contribution in [3.8, 4) is 0 Å². The maximum absolute atomic E-state index is 10.7. The fraction of sp³-hybridized carbons (Fsp3) is 0.200. The molecular weight excluding hydrogens is 150 g/mol. The summed E-state index contributed by atoms with van der Waals surface area (Å²) in [5.41, 5.74) is 2.75. The van der Waals surface area contributed by atoms with Gasteiger partial charge in [-0.3, -0.25) is 4.79 Å². The van der Waals surface area contributed by atoms with Crippen LogP contribution in [0.3, 0.4) is 0 Å². The number of hydrogen-bond donors (Lipinski definition) is 1. The monoisotopic (exact) mass is 162 g/mol. The van der Waals surface area contributed by atoms with Crippen molar-refractivity contribution >= 4 is 11.6 Å². The number of hydrogen-bond acceptors (Lipinski definition) is 1. The fourth-order valence-corrected chi connectivity index (χ4v) is 0.996. The second-order valence-corrected chi connectivity index (χ2v) is 2.84. The molecule has 0 aromatic heterocycles. The van der Waals surface area contributed by atoms with Crippen molar-refractivity contribution in [2.45, 2.75) is 13.8 Å². The van der Waals surface area contributed by atoms with Gasteiger partial charge in [-0.25, -0.2) is 0 Å². The molecule has 0 bridgehead atoms. The normalized spacial score (nSPS) is 9.58. The summed E-state index contributed by atoms with van der Waals surface area (Å²) >= 11 is 0. The molecule has 1 amide bonds. The van der Waals surface area contributed by atoms with Crippen molar-refractivity contribution in [1.29, 1.82) is 0 Å². The molecule has 0 unspecified atom stereocenters. The average molecular weight is 162 g/mol. The molecule has 1 aromatic rings. The number of amides is 1. The molecule has 63 valence electrons. The first-order valence-corrected chi connectivity index (χ1v) is 3.80. The molecule has 0 atom stereocenters. The Morgan fingerprint density at radius 1 is 1.50 bits per heavy atom. The van der Waals surface area contributed by atoms with E-state index >= 15 is 0 Å². The van der Waals surface area contributed by atoms with E-state index in [9.17, 15) is 4.79 Å². The zero-order valence-electron chi connectivity index (χ0n) is 7.35. The van der Waals surface area contributed by atoms with E-state index in [2.05, 4.69) is 12.2 Å². The minimum absolute atomic E-state index is 0.0644. The molecule has 0 aliphatic rings. The molecule has 1 N–H and O–H groups in total. The standard InChI is InChI=1S/C10H12NO/c1-7-4-5-8(2)10(6-7)11-9(3)12/h4-6H,2H2,1,3H3,(H,11,12). The van der Waals surface area contributed by atoms with Crippen molar-refractivity contribution < 1.29 is 4.79 Å². The zero-order chi connectivity index (χ0) is 9.14. The molecule has 0 heterocycles. The SMILES string of the molecule is [CH2]c1ccc(C)cc1NC(C)=O. The highest BCUT2D eigenvalue weighted by Gasteiger charge is 1.99. The molecule has 0 aliphatic heterocycles. The van der Waals surface area contributed by atoms with Gasteiger partial charge < -0.3 is 5.32 Å². The third-order valence-corrected chi connectivity index (χ3v) is 1.58. The molecule has 0 saturated heterocycles. The first kappa shape index (κ1) is 8.78. The third kappa shape index (κ3) is 2.09. The van der Waals surface area contributed by atoms with Gasteiger partial charge in [0.2, 0.25) is 5.91 Å². The van der Waals surface area contributed by atoms with Gasteiger partial charge in [0.15, 0.2) is 0 Å². The largest absolute Gasteiger partial charge is 0.326 e. The lowest BCUT2D eigenvalue weighted by atomic mass is 10.1. The summed E-state index contributed by atoms with van der Waals surface area (Å²) in [5.74, 6) is -0.0644. The van der Waals surface area contributed by atoms with Crippen LogP contribution in [0.15, 0.2) is 18.2 Å². The molecule has 1 radical (unpaired) electrons. The van der Waals surface area contributed by atoms with Crippen LogP contribution < -0.4 is 5.32 Å². The summed E-state index contributed by atoms with van der Waals surface area (Å²) in [6, 6.07) is 5.76. The number of aryl methyl sites for hydroxylation is 1. The molecule has 0 spiro atoms. The molecule has 1 aromatic carbocycles. The van der Waals surface area contributed by atoms with Gasteiger partial charge in [-0.15, -0.1) is 0 Å². The third-order valence-electron chi connectivity index (χ3n) is 1.58. The molecule has 2 heteroatoms. The maximum atomic E-state index is 10.7. The topological polar surface area (TPSA) is 29.1 Å². The summed E-state index contributed by atoms with van der Waals surface area (Å²) in [6.45, 7) is 7.26. The van der Waals surface area contributed by atoms with Crippen molar-refractivity contribution in [2.24, 2.45) is 0 Å². The van der Waals surface area contributed by atoms with Gasteiger partial charge in [-0.05, 0) is 31.0 Å². The lowest BCUT2D eigenvalue weighted by molar-refractivity contribution is -0.114.